The molecule has 0 saturated heterocycles. The van der Waals surface area contributed by atoms with Gasteiger partial charge in [0.1, 0.15) is 0 Å². The van der Waals surface area contributed by atoms with Gasteiger partial charge in [0.15, 0.2) is 0 Å². The molecule has 76 valence electrons. The van der Waals surface area contributed by atoms with Crippen LogP contribution < -0.4 is 0 Å². The molecule has 1 heterocycles. The van der Waals surface area contributed by atoms with Gasteiger partial charge in [-0.1, -0.05) is 37.8 Å². The standard InChI is InChI=1S/C14H15N/c1-3-11-7-5-8-13(12(11)4-2)14-9-6-10-15-14/h3,5-10,15H,1,4H2,2H3. The number of hydrogen-bond acceptors (Lipinski definition) is 0. The van der Waals surface area contributed by atoms with Gasteiger partial charge in [-0.05, 0) is 29.7 Å². The highest BCUT2D eigenvalue weighted by molar-refractivity contribution is 5.70. The van der Waals surface area contributed by atoms with E-state index in [-0.39, 0.29) is 0 Å². The molecule has 0 fully saturated rings. The summed E-state index contributed by atoms with van der Waals surface area (Å²) in [7, 11) is 0. The van der Waals surface area contributed by atoms with Crippen molar-refractivity contribution in [2.75, 3.05) is 0 Å². The van der Waals surface area contributed by atoms with Crippen LogP contribution in [-0.2, 0) is 6.42 Å². The van der Waals surface area contributed by atoms with Crippen molar-refractivity contribution in [2.24, 2.45) is 0 Å². The van der Waals surface area contributed by atoms with E-state index in [2.05, 4.69) is 42.8 Å². The molecule has 0 aliphatic rings. The van der Waals surface area contributed by atoms with Crippen molar-refractivity contribution in [2.45, 2.75) is 13.3 Å². The third-order valence-electron chi connectivity index (χ3n) is 2.67. The number of H-pyrrole nitrogens is 1. The van der Waals surface area contributed by atoms with Gasteiger partial charge in [-0.25, -0.2) is 0 Å². The molecule has 0 unspecified atom stereocenters. The summed E-state index contributed by atoms with van der Waals surface area (Å²) in [5, 5.41) is 0. The van der Waals surface area contributed by atoms with Gasteiger partial charge in [0.05, 0.1) is 0 Å². The minimum absolute atomic E-state index is 1.02. The van der Waals surface area contributed by atoms with Crippen molar-refractivity contribution >= 4 is 6.08 Å². The summed E-state index contributed by atoms with van der Waals surface area (Å²) in [6, 6.07) is 10.5. The largest absolute Gasteiger partial charge is 0.361 e. The average molecular weight is 197 g/mol. The average Bonchev–Trinajstić information content (AvgIpc) is 2.81. The molecular weight excluding hydrogens is 182 g/mol. The minimum atomic E-state index is 1.02. The number of benzene rings is 1. The van der Waals surface area contributed by atoms with E-state index in [1.165, 1.54) is 22.4 Å². The Morgan fingerprint density at radius 1 is 1.27 bits per heavy atom. The van der Waals surface area contributed by atoms with Crippen molar-refractivity contribution < 1.29 is 0 Å². The predicted molar refractivity (Wildman–Crippen MR) is 65.7 cm³/mol. The lowest BCUT2D eigenvalue weighted by molar-refractivity contribution is 1.13. The molecule has 1 heteroatoms. The first-order valence-corrected chi connectivity index (χ1v) is 5.25. The van der Waals surface area contributed by atoms with Crippen molar-refractivity contribution in [3.05, 3.63) is 54.2 Å². The molecule has 1 aromatic heterocycles. The summed E-state index contributed by atoms with van der Waals surface area (Å²) >= 11 is 0. The molecule has 2 aromatic rings. The van der Waals surface area contributed by atoms with Gasteiger partial charge in [-0.2, -0.15) is 0 Å². The second-order valence-electron chi connectivity index (χ2n) is 3.51. The first-order chi connectivity index (χ1) is 7.36. The highest BCUT2D eigenvalue weighted by Gasteiger charge is 2.06. The van der Waals surface area contributed by atoms with Crippen LogP contribution in [0.3, 0.4) is 0 Å². The first kappa shape index (κ1) is 9.78. The Kier molecular flexibility index (Phi) is 2.72. The molecule has 2 rings (SSSR count). The molecule has 0 aliphatic heterocycles. The number of hydrogen-bond donors (Lipinski definition) is 1. The Morgan fingerprint density at radius 3 is 2.73 bits per heavy atom. The SMILES string of the molecule is C=Cc1cccc(-c2ccc[nH]2)c1CC. The fourth-order valence-corrected chi connectivity index (χ4v) is 1.94. The summed E-state index contributed by atoms with van der Waals surface area (Å²) in [5.41, 5.74) is 5.04. The van der Waals surface area contributed by atoms with Crippen LogP contribution in [-0.4, -0.2) is 4.98 Å². The van der Waals surface area contributed by atoms with E-state index < -0.39 is 0 Å². The van der Waals surface area contributed by atoms with Crippen molar-refractivity contribution in [3.63, 3.8) is 0 Å². The van der Waals surface area contributed by atoms with Crippen LogP contribution in [0.4, 0.5) is 0 Å². The Bertz CT molecular complexity index is 452. The van der Waals surface area contributed by atoms with Crippen LogP contribution in [0, 0.1) is 0 Å². The van der Waals surface area contributed by atoms with E-state index in [1.54, 1.807) is 0 Å². The summed E-state index contributed by atoms with van der Waals surface area (Å²) in [5.74, 6) is 0. The molecule has 0 amide bonds. The summed E-state index contributed by atoms with van der Waals surface area (Å²) in [4.78, 5) is 3.25. The van der Waals surface area contributed by atoms with E-state index in [0.717, 1.165) is 6.42 Å². The van der Waals surface area contributed by atoms with Gasteiger partial charge in [0, 0.05) is 17.5 Å². The lowest BCUT2D eigenvalue weighted by Crippen LogP contribution is -1.91. The third kappa shape index (κ3) is 1.73. The Labute approximate surface area is 90.5 Å². The predicted octanol–water partition coefficient (Wildman–Crippen LogP) is 3.89. The normalized spacial score (nSPS) is 10.2. The zero-order chi connectivity index (χ0) is 10.7. The summed E-state index contributed by atoms with van der Waals surface area (Å²) in [6.07, 6.45) is 4.90. The van der Waals surface area contributed by atoms with Gasteiger partial charge in [-0.15, -0.1) is 0 Å². The minimum Gasteiger partial charge on any atom is -0.361 e. The number of aromatic nitrogens is 1. The van der Waals surface area contributed by atoms with Crippen LogP contribution in [0.2, 0.25) is 0 Å². The maximum atomic E-state index is 3.85. The fraction of sp³-hybridized carbons (Fsp3) is 0.143. The number of nitrogens with one attached hydrogen (secondary N) is 1. The molecule has 1 aromatic carbocycles. The molecule has 0 aliphatic carbocycles. The molecular formula is C14H15N. The lowest BCUT2D eigenvalue weighted by atomic mass is 9.97. The van der Waals surface area contributed by atoms with Crippen molar-refractivity contribution in [3.8, 4) is 11.3 Å². The van der Waals surface area contributed by atoms with E-state index in [9.17, 15) is 0 Å². The van der Waals surface area contributed by atoms with Crippen LogP contribution in [0.15, 0.2) is 43.1 Å². The summed E-state index contributed by atoms with van der Waals surface area (Å²) in [6.45, 7) is 6.03. The number of rotatable bonds is 3. The second-order valence-corrected chi connectivity index (χ2v) is 3.51. The van der Waals surface area contributed by atoms with Gasteiger partial charge < -0.3 is 4.98 Å². The van der Waals surface area contributed by atoms with Crippen LogP contribution in [0.1, 0.15) is 18.1 Å². The van der Waals surface area contributed by atoms with Gasteiger partial charge >= 0.3 is 0 Å². The van der Waals surface area contributed by atoms with E-state index in [1.807, 2.05) is 18.3 Å². The topological polar surface area (TPSA) is 15.8 Å². The zero-order valence-electron chi connectivity index (χ0n) is 8.96. The summed E-state index contributed by atoms with van der Waals surface area (Å²) < 4.78 is 0. The molecule has 0 bridgehead atoms. The van der Waals surface area contributed by atoms with Gasteiger partial charge in [-0.3, -0.25) is 0 Å². The van der Waals surface area contributed by atoms with Crippen LogP contribution in [0.25, 0.3) is 17.3 Å². The van der Waals surface area contributed by atoms with Gasteiger partial charge in [0.2, 0.25) is 0 Å². The smallest absolute Gasteiger partial charge is 0.0456 e. The Morgan fingerprint density at radius 2 is 2.13 bits per heavy atom. The quantitative estimate of drug-likeness (QED) is 0.768. The molecule has 15 heavy (non-hydrogen) atoms. The monoisotopic (exact) mass is 197 g/mol. The van der Waals surface area contributed by atoms with E-state index >= 15 is 0 Å². The molecule has 0 saturated carbocycles. The van der Waals surface area contributed by atoms with Crippen molar-refractivity contribution in [1.29, 1.82) is 0 Å². The molecule has 1 nitrogen and oxygen atoms in total. The van der Waals surface area contributed by atoms with E-state index in [0.29, 0.717) is 0 Å². The Balaban J connectivity index is 2.61. The molecule has 0 radical (unpaired) electrons. The first-order valence-electron chi connectivity index (χ1n) is 5.25. The van der Waals surface area contributed by atoms with Gasteiger partial charge in [0.25, 0.3) is 0 Å². The Hall–Kier alpha value is -1.76. The molecule has 0 spiro atoms. The van der Waals surface area contributed by atoms with E-state index in [4.69, 9.17) is 0 Å². The number of aromatic amines is 1. The molecule has 1 N–H and O–H groups in total. The highest BCUT2D eigenvalue weighted by atomic mass is 14.7. The highest BCUT2D eigenvalue weighted by Crippen LogP contribution is 2.26. The van der Waals surface area contributed by atoms with Crippen molar-refractivity contribution in [1.82, 2.24) is 4.98 Å². The maximum Gasteiger partial charge on any atom is 0.0456 e. The fourth-order valence-electron chi connectivity index (χ4n) is 1.94. The second kappa shape index (κ2) is 4.18. The maximum absolute atomic E-state index is 3.85. The van der Waals surface area contributed by atoms with Crippen LogP contribution in [0.5, 0.6) is 0 Å². The molecule has 0 atom stereocenters. The lowest BCUT2D eigenvalue weighted by Gasteiger charge is -2.09. The third-order valence-corrected chi connectivity index (χ3v) is 2.67. The van der Waals surface area contributed by atoms with Crippen LogP contribution >= 0.6 is 0 Å². The zero-order valence-corrected chi connectivity index (χ0v) is 8.96.